The van der Waals surface area contributed by atoms with E-state index >= 15 is 0 Å². The van der Waals surface area contributed by atoms with Crippen LogP contribution in [0.5, 0.6) is 5.75 Å². The number of nitrogens with zero attached hydrogens (tertiary/aromatic N) is 1. The van der Waals surface area contributed by atoms with E-state index in [0.29, 0.717) is 17.0 Å². The zero-order valence-corrected chi connectivity index (χ0v) is 14.5. The van der Waals surface area contributed by atoms with Crippen LogP contribution >= 0.6 is 0 Å². The van der Waals surface area contributed by atoms with Crippen LogP contribution in [0.25, 0.3) is 11.0 Å². The Hall–Kier alpha value is -3.08. The molecule has 2 aromatic carbocycles. The lowest BCUT2D eigenvalue weighted by atomic mass is 10.1. The predicted molar refractivity (Wildman–Crippen MR) is 99.5 cm³/mol. The van der Waals surface area contributed by atoms with E-state index in [2.05, 4.69) is 5.16 Å². The molecule has 1 aliphatic rings. The van der Waals surface area contributed by atoms with Crippen LogP contribution in [-0.2, 0) is 12.8 Å². The zero-order chi connectivity index (χ0) is 18.1. The van der Waals surface area contributed by atoms with E-state index in [1.807, 2.05) is 43.3 Å². The first-order chi connectivity index (χ1) is 12.7. The molecular weight excluding hydrogens is 330 g/mol. The Kier molecular flexibility index (Phi) is 4.21. The number of oxime groups is 1. The lowest BCUT2D eigenvalue weighted by Crippen LogP contribution is -2.13. The molecule has 4 rings (SSSR count). The molecule has 0 amide bonds. The van der Waals surface area contributed by atoms with Gasteiger partial charge in [-0.05, 0) is 43.9 Å². The largest absolute Gasteiger partial charge is 0.487 e. The predicted octanol–water partition coefficient (Wildman–Crippen LogP) is 3.85. The van der Waals surface area contributed by atoms with Gasteiger partial charge in [0.25, 0.3) is 0 Å². The average molecular weight is 349 g/mol. The highest BCUT2D eigenvalue weighted by molar-refractivity contribution is 6.01. The topological polar surface area (TPSA) is 72.0 Å². The van der Waals surface area contributed by atoms with Crippen molar-refractivity contribution in [3.8, 4) is 5.75 Å². The molecule has 5 nitrogen and oxygen atoms in total. The molecule has 26 heavy (non-hydrogen) atoms. The summed E-state index contributed by atoms with van der Waals surface area (Å²) in [5.41, 5.74) is 4.54. The van der Waals surface area contributed by atoms with E-state index in [9.17, 15) is 10.0 Å². The van der Waals surface area contributed by atoms with Gasteiger partial charge in [-0.2, -0.15) is 0 Å². The third kappa shape index (κ3) is 2.96. The number of fused-ring (bicyclic) bond motifs is 3. The number of ether oxygens (including phenoxy) is 1. The van der Waals surface area contributed by atoms with Crippen LogP contribution in [-0.4, -0.2) is 17.5 Å². The normalized spacial score (nSPS) is 13.8. The van der Waals surface area contributed by atoms with Gasteiger partial charge >= 0.3 is 5.63 Å². The fraction of sp³-hybridized carbons (Fsp3) is 0.238. The minimum Gasteiger partial charge on any atom is -0.487 e. The number of rotatable bonds is 4. The van der Waals surface area contributed by atoms with Crippen molar-refractivity contribution >= 4 is 16.7 Å². The summed E-state index contributed by atoms with van der Waals surface area (Å²) in [5, 5.41) is 13.6. The zero-order valence-electron chi connectivity index (χ0n) is 14.5. The summed E-state index contributed by atoms with van der Waals surface area (Å²) in [7, 11) is 0. The van der Waals surface area contributed by atoms with Gasteiger partial charge in [0.05, 0.1) is 0 Å². The highest BCUT2D eigenvalue weighted by Crippen LogP contribution is 2.29. The van der Waals surface area contributed by atoms with E-state index in [4.69, 9.17) is 9.15 Å². The Morgan fingerprint density at radius 3 is 2.69 bits per heavy atom. The second kappa shape index (κ2) is 6.67. The lowest BCUT2D eigenvalue weighted by molar-refractivity contribution is 0.308. The van der Waals surface area contributed by atoms with Crippen molar-refractivity contribution in [2.24, 2.45) is 5.16 Å². The van der Waals surface area contributed by atoms with E-state index in [0.717, 1.165) is 46.9 Å². The van der Waals surface area contributed by atoms with Gasteiger partial charge in [-0.1, -0.05) is 35.0 Å². The van der Waals surface area contributed by atoms with Crippen molar-refractivity contribution in [3.63, 3.8) is 0 Å². The van der Waals surface area contributed by atoms with Crippen LogP contribution in [0.2, 0.25) is 0 Å². The van der Waals surface area contributed by atoms with Crippen LogP contribution in [0.15, 0.2) is 56.8 Å². The molecule has 0 atom stereocenters. The molecule has 0 spiro atoms. The van der Waals surface area contributed by atoms with Crippen molar-refractivity contribution in [3.05, 3.63) is 75.1 Å². The first kappa shape index (κ1) is 16.4. The molecule has 1 aromatic heterocycles. The van der Waals surface area contributed by atoms with E-state index < -0.39 is 0 Å². The Bertz CT molecular complexity index is 1050. The molecule has 0 saturated heterocycles. The van der Waals surface area contributed by atoms with Crippen molar-refractivity contribution in [2.75, 3.05) is 6.61 Å². The van der Waals surface area contributed by atoms with Crippen LogP contribution in [0.3, 0.4) is 0 Å². The number of hydrogen-bond donors (Lipinski definition) is 1. The molecule has 1 N–H and O–H groups in total. The third-order valence-electron chi connectivity index (χ3n) is 4.83. The molecule has 0 aliphatic heterocycles. The molecular formula is C21H19NO4. The summed E-state index contributed by atoms with van der Waals surface area (Å²) in [4.78, 5) is 12.1. The van der Waals surface area contributed by atoms with Crippen molar-refractivity contribution in [2.45, 2.75) is 26.2 Å². The van der Waals surface area contributed by atoms with Gasteiger partial charge in [-0.25, -0.2) is 4.79 Å². The summed E-state index contributed by atoms with van der Waals surface area (Å²) in [6.07, 6.45) is 2.69. The summed E-state index contributed by atoms with van der Waals surface area (Å²) in [5.74, 6) is 0.562. The van der Waals surface area contributed by atoms with Crippen LogP contribution in [0.4, 0.5) is 0 Å². The maximum atomic E-state index is 12.1. The molecule has 0 bridgehead atoms. The smallest absolute Gasteiger partial charge is 0.339 e. The van der Waals surface area contributed by atoms with Crippen LogP contribution in [0.1, 0.15) is 28.7 Å². The number of hydrogen-bond acceptors (Lipinski definition) is 5. The van der Waals surface area contributed by atoms with Gasteiger partial charge < -0.3 is 14.4 Å². The molecule has 0 saturated carbocycles. The molecule has 0 unspecified atom stereocenters. The Morgan fingerprint density at radius 1 is 1.15 bits per heavy atom. The minimum atomic E-state index is -0.251. The second-order valence-electron chi connectivity index (χ2n) is 6.56. The number of aryl methyl sites for hydroxylation is 2. The molecule has 1 heterocycles. The molecule has 5 heteroatoms. The van der Waals surface area contributed by atoms with Crippen molar-refractivity contribution < 1.29 is 14.4 Å². The van der Waals surface area contributed by atoms with Gasteiger partial charge in [-0.15, -0.1) is 0 Å². The van der Waals surface area contributed by atoms with Gasteiger partial charge in [0.15, 0.2) is 0 Å². The SMILES string of the molecule is Cc1ccc(/C(COc2ccc3c4c(c(=O)oc3c2)CCC4)=N\O)cc1. The van der Waals surface area contributed by atoms with Gasteiger partial charge in [-0.3, -0.25) is 0 Å². The highest BCUT2D eigenvalue weighted by atomic mass is 16.5. The third-order valence-corrected chi connectivity index (χ3v) is 4.83. The maximum Gasteiger partial charge on any atom is 0.339 e. The standard InChI is InChI=1S/C21H19NO4/c1-13-5-7-14(8-6-13)19(22-24)12-25-15-9-10-17-16-3-2-4-18(16)21(23)26-20(17)11-15/h5-11,24H,2-4,12H2,1H3/b22-19-. The second-order valence-corrected chi connectivity index (χ2v) is 6.56. The first-order valence-corrected chi connectivity index (χ1v) is 8.65. The van der Waals surface area contributed by atoms with Gasteiger partial charge in [0.1, 0.15) is 23.7 Å². The summed E-state index contributed by atoms with van der Waals surface area (Å²) < 4.78 is 11.2. The van der Waals surface area contributed by atoms with E-state index in [-0.39, 0.29) is 12.2 Å². The minimum absolute atomic E-state index is 0.111. The quantitative estimate of drug-likeness (QED) is 0.336. The molecule has 1 aliphatic carbocycles. The highest BCUT2D eigenvalue weighted by Gasteiger charge is 2.19. The average Bonchev–Trinajstić information content (AvgIpc) is 3.14. The molecule has 0 fully saturated rings. The van der Waals surface area contributed by atoms with Crippen molar-refractivity contribution in [1.82, 2.24) is 0 Å². The van der Waals surface area contributed by atoms with Crippen LogP contribution in [0, 0.1) is 6.92 Å². The van der Waals surface area contributed by atoms with Gasteiger partial charge in [0.2, 0.25) is 0 Å². The van der Waals surface area contributed by atoms with E-state index in [1.165, 1.54) is 0 Å². The Balaban J connectivity index is 1.58. The maximum absolute atomic E-state index is 12.1. The summed E-state index contributed by atoms with van der Waals surface area (Å²) in [6, 6.07) is 13.2. The fourth-order valence-corrected chi connectivity index (χ4v) is 3.42. The molecule has 132 valence electrons. The first-order valence-electron chi connectivity index (χ1n) is 8.65. The number of benzene rings is 2. The van der Waals surface area contributed by atoms with Crippen molar-refractivity contribution in [1.29, 1.82) is 0 Å². The monoisotopic (exact) mass is 349 g/mol. The lowest BCUT2D eigenvalue weighted by Gasteiger charge is -2.10. The fourth-order valence-electron chi connectivity index (χ4n) is 3.42. The van der Waals surface area contributed by atoms with Gasteiger partial charge in [0, 0.05) is 22.6 Å². The Morgan fingerprint density at radius 2 is 1.92 bits per heavy atom. The Labute approximate surface area is 150 Å². The molecule has 3 aromatic rings. The summed E-state index contributed by atoms with van der Waals surface area (Å²) >= 11 is 0. The van der Waals surface area contributed by atoms with Crippen LogP contribution < -0.4 is 10.4 Å². The van der Waals surface area contributed by atoms with E-state index in [1.54, 1.807) is 6.07 Å². The molecule has 0 radical (unpaired) electrons. The summed E-state index contributed by atoms with van der Waals surface area (Å²) in [6.45, 7) is 2.11.